The molecule has 1 spiro atoms. The van der Waals surface area contributed by atoms with Gasteiger partial charge in [-0.15, -0.1) is 0 Å². The molecule has 4 nitrogen and oxygen atoms in total. The molecule has 0 bridgehead atoms. The lowest BCUT2D eigenvalue weighted by atomic mass is 9.88. The Morgan fingerprint density at radius 3 is 2.64 bits per heavy atom. The van der Waals surface area contributed by atoms with Crippen molar-refractivity contribution in [2.75, 3.05) is 13.2 Å². The monoisotopic (exact) mass is 304 g/mol. The number of ether oxygens (including phenoxy) is 3. The largest absolute Gasteiger partial charge is 0.452 e. The SMILES string of the molecule is CC(=O)O[C@H]1c2ccccc2CCCCCCC12OCCO2. The van der Waals surface area contributed by atoms with E-state index in [4.69, 9.17) is 14.2 Å². The van der Waals surface area contributed by atoms with Crippen molar-refractivity contribution < 1.29 is 19.0 Å². The van der Waals surface area contributed by atoms with Crippen molar-refractivity contribution in [2.45, 2.75) is 57.3 Å². The first-order valence-electron chi connectivity index (χ1n) is 8.24. The molecule has 1 aromatic rings. The maximum atomic E-state index is 11.7. The van der Waals surface area contributed by atoms with E-state index >= 15 is 0 Å². The number of hydrogen-bond acceptors (Lipinski definition) is 4. The summed E-state index contributed by atoms with van der Waals surface area (Å²) in [7, 11) is 0. The van der Waals surface area contributed by atoms with Gasteiger partial charge in [-0.25, -0.2) is 0 Å². The van der Waals surface area contributed by atoms with Crippen LogP contribution in [-0.4, -0.2) is 25.0 Å². The number of fused-ring (bicyclic) bond motifs is 1. The number of rotatable bonds is 1. The van der Waals surface area contributed by atoms with Crippen LogP contribution in [-0.2, 0) is 25.4 Å². The zero-order valence-corrected chi connectivity index (χ0v) is 13.2. The number of carbonyl (C=O) groups excluding carboxylic acids is 1. The fraction of sp³-hybridized carbons (Fsp3) is 0.611. The Bertz CT molecular complexity index is 520. The van der Waals surface area contributed by atoms with Crippen LogP contribution >= 0.6 is 0 Å². The molecule has 1 heterocycles. The van der Waals surface area contributed by atoms with Gasteiger partial charge in [-0.1, -0.05) is 37.1 Å². The zero-order valence-electron chi connectivity index (χ0n) is 13.2. The van der Waals surface area contributed by atoms with Crippen molar-refractivity contribution >= 4 is 5.97 Å². The number of carbonyl (C=O) groups is 1. The molecule has 3 rings (SSSR count). The summed E-state index contributed by atoms with van der Waals surface area (Å²) in [6, 6.07) is 8.19. The van der Waals surface area contributed by atoms with E-state index in [1.165, 1.54) is 25.3 Å². The van der Waals surface area contributed by atoms with Gasteiger partial charge in [0.25, 0.3) is 0 Å². The molecule has 2 aliphatic rings. The van der Waals surface area contributed by atoms with Gasteiger partial charge in [0.05, 0.1) is 13.2 Å². The van der Waals surface area contributed by atoms with Crippen LogP contribution in [0.25, 0.3) is 0 Å². The summed E-state index contributed by atoms with van der Waals surface area (Å²) in [6.45, 7) is 2.56. The highest BCUT2D eigenvalue weighted by molar-refractivity contribution is 5.66. The highest BCUT2D eigenvalue weighted by Crippen LogP contribution is 2.42. The van der Waals surface area contributed by atoms with Crippen LogP contribution in [0.4, 0.5) is 0 Å². The van der Waals surface area contributed by atoms with E-state index < -0.39 is 11.9 Å². The smallest absolute Gasteiger partial charge is 0.303 e. The number of hydrogen-bond donors (Lipinski definition) is 0. The van der Waals surface area contributed by atoms with Gasteiger partial charge in [-0.3, -0.25) is 4.79 Å². The molecule has 0 unspecified atom stereocenters. The molecule has 1 atom stereocenters. The van der Waals surface area contributed by atoms with E-state index in [0.717, 1.165) is 31.2 Å². The third-order valence-electron chi connectivity index (χ3n) is 4.52. The normalized spacial score (nSPS) is 24.7. The van der Waals surface area contributed by atoms with Crippen molar-refractivity contribution in [3.8, 4) is 0 Å². The third kappa shape index (κ3) is 3.18. The molecule has 120 valence electrons. The molecule has 4 heteroatoms. The third-order valence-corrected chi connectivity index (χ3v) is 4.52. The second-order valence-electron chi connectivity index (χ2n) is 6.11. The molecule has 1 aromatic carbocycles. The topological polar surface area (TPSA) is 44.8 Å². The Kier molecular flexibility index (Phi) is 4.79. The summed E-state index contributed by atoms with van der Waals surface area (Å²) in [4.78, 5) is 11.7. The molecule has 0 radical (unpaired) electrons. The van der Waals surface area contributed by atoms with Crippen LogP contribution in [0.3, 0.4) is 0 Å². The van der Waals surface area contributed by atoms with E-state index in [1.54, 1.807) is 0 Å². The second kappa shape index (κ2) is 6.80. The van der Waals surface area contributed by atoms with Crippen LogP contribution in [0.2, 0.25) is 0 Å². The van der Waals surface area contributed by atoms with Gasteiger partial charge in [0.15, 0.2) is 6.10 Å². The van der Waals surface area contributed by atoms with Crippen LogP contribution in [0.15, 0.2) is 24.3 Å². The molecule has 1 fully saturated rings. The number of aryl methyl sites for hydroxylation is 1. The van der Waals surface area contributed by atoms with E-state index in [0.29, 0.717) is 13.2 Å². The Morgan fingerprint density at radius 1 is 1.14 bits per heavy atom. The first-order chi connectivity index (χ1) is 10.7. The summed E-state index contributed by atoms with van der Waals surface area (Å²) in [5, 5.41) is 0. The van der Waals surface area contributed by atoms with E-state index in [1.807, 2.05) is 18.2 Å². The van der Waals surface area contributed by atoms with E-state index in [2.05, 4.69) is 6.07 Å². The number of esters is 1. The van der Waals surface area contributed by atoms with Crippen molar-refractivity contribution in [3.63, 3.8) is 0 Å². The lowest BCUT2D eigenvalue weighted by Gasteiger charge is -2.36. The lowest BCUT2D eigenvalue weighted by molar-refractivity contribution is -0.238. The van der Waals surface area contributed by atoms with Crippen molar-refractivity contribution in [1.29, 1.82) is 0 Å². The summed E-state index contributed by atoms with van der Waals surface area (Å²) in [6.07, 6.45) is 5.84. The minimum Gasteiger partial charge on any atom is -0.452 e. The molecule has 0 aromatic heterocycles. The maximum absolute atomic E-state index is 11.7. The Balaban J connectivity index is 2.03. The van der Waals surface area contributed by atoms with E-state index in [-0.39, 0.29) is 5.97 Å². The molecule has 1 aliphatic carbocycles. The quantitative estimate of drug-likeness (QED) is 0.744. The zero-order chi connectivity index (χ0) is 15.4. The molecule has 1 aliphatic heterocycles. The molecule has 1 saturated heterocycles. The summed E-state index contributed by atoms with van der Waals surface area (Å²) < 4.78 is 17.7. The summed E-state index contributed by atoms with van der Waals surface area (Å²) in [5.74, 6) is -1.12. The molecule has 22 heavy (non-hydrogen) atoms. The second-order valence-corrected chi connectivity index (χ2v) is 6.11. The highest BCUT2D eigenvalue weighted by Gasteiger charge is 2.47. The van der Waals surface area contributed by atoms with Gasteiger partial charge in [0.2, 0.25) is 5.79 Å². The predicted octanol–water partition coefficient (Wildman–Crippen LogP) is 3.54. The average molecular weight is 304 g/mol. The molecular weight excluding hydrogens is 280 g/mol. The number of benzene rings is 1. The Morgan fingerprint density at radius 2 is 1.86 bits per heavy atom. The highest BCUT2D eigenvalue weighted by atomic mass is 16.8. The molecule has 0 N–H and O–H groups in total. The standard InChI is InChI=1S/C18H24O4/c1-14(19)22-17-16-10-6-5-9-15(16)8-4-2-3-7-11-18(17)20-12-13-21-18/h5-6,9-10,17H,2-4,7-8,11-13H2,1H3/t17-/m0/s1. The maximum Gasteiger partial charge on any atom is 0.303 e. The fourth-order valence-corrected chi connectivity index (χ4v) is 3.51. The minimum atomic E-state index is -0.820. The Hall–Kier alpha value is -1.39. The predicted molar refractivity (Wildman–Crippen MR) is 82.4 cm³/mol. The first kappa shape index (κ1) is 15.5. The van der Waals surface area contributed by atoms with Crippen LogP contribution in [0, 0.1) is 0 Å². The van der Waals surface area contributed by atoms with Crippen molar-refractivity contribution in [3.05, 3.63) is 35.4 Å². The van der Waals surface area contributed by atoms with Gasteiger partial charge in [0, 0.05) is 18.9 Å². The minimum absolute atomic E-state index is 0.296. The van der Waals surface area contributed by atoms with Crippen LogP contribution in [0.5, 0.6) is 0 Å². The molecular formula is C18H24O4. The van der Waals surface area contributed by atoms with E-state index in [9.17, 15) is 4.79 Å². The average Bonchev–Trinajstić information content (AvgIpc) is 2.98. The Labute approximate surface area is 131 Å². The summed E-state index contributed by atoms with van der Waals surface area (Å²) >= 11 is 0. The van der Waals surface area contributed by atoms with Crippen molar-refractivity contribution in [2.24, 2.45) is 0 Å². The van der Waals surface area contributed by atoms with Gasteiger partial charge in [-0.2, -0.15) is 0 Å². The lowest BCUT2D eigenvalue weighted by Crippen LogP contribution is -2.40. The van der Waals surface area contributed by atoms with Crippen molar-refractivity contribution in [1.82, 2.24) is 0 Å². The molecule has 0 saturated carbocycles. The van der Waals surface area contributed by atoms with Gasteiger partial charge in [-0.05, 0) is 24.8 Å². The molecule has 0 amide bonds. The summed E-state index contributed by atoms with van der Waals surface area (Å²) in [5.41, 5.74) is 2.26. The van der Waals surface area contributed by atoms with Gasteiger partial charge < -0.3 is 14.2 Å². The fourth-order valence-electron chi connectivity index (χ4n) is 3.51. The van der Waals surface area contributed by atoms with Gasteiger partial charge in [0.1, 0.15) is 0 Å². The van der Waals surface area contributed by atoms with Crippen LogP contribution < -0.4 is 0 Å². The first-order valence-corrected chi connectivity index (χ1v) is 8.24. The van der Waals surface area contributed by atoms with Gasteiger partial charge >= 0.3 is 5.97 Å². The van der Waals surface area contributed by atoms with Crippen LogP contribution in [0.1, 0.15) is 56.3 Å².